The maximum absolute atomic E-state index is 14.2. The van der Waals surface area contributed by atoms with Crippen molar-refractivity contribution >= 4 is 23.2 Å². The molecule has 0 aliphatic heterocycles. The number of anilines is 1. The lowest BCUT2D eigenvalue weighted by molar-refractivity contribution is 0.0950. The number of hydrogen-bond acceptors (Lipinski definition) is 5. The normalized spacial score (nSPS) is 18.0. The van der Waals surface area contributed by atoms with Crippen molar-refractivity contribution in [2.75, 3.05) is 32.6 Å². The van der Waals surface area contributed by atoms with E-state index in [1.165, 1.54) is 14.0 Å². The van der Waals surface area contributed by atoms with Crippen molar-refractivity contribution in [1.29, 1.82) is 0 Å². The second kappa shape index (κ2) is 11.4. The molecule has 0 saturated heterocycles. The van der Waals surface area contributed by atoms with Crippen LogP contribution in [0.4, 0.5) is 10.1 Å². The minimum atomic E-state index is -0.890. The summed E-state index contributed by atoms with van der Waals surface area (Å²) in [7, 11) is 5.64. The Morgan fingerprint density at radius 1 is 1.20 bits per heavy atom. The van der Waals surface area contributed by atoms with Crippen LogP contribution in [0.1, 0.15) is 59.8 Å². The highest BCUT2D eigenvalue weighted by Crippen LogP contribution is 2.34. The summed E-state index contributed by atoms with van der Waals surface area (Å²) in [5, 5.41) is 3.20. The molecule has 0 spiro atoms. The van der Waals surface area contributed by atoms with E-state index in [9.17, 15) is 14.0 Å². The van der Waals surface area contributed by atoms with E-state index in [1.54, 1.807) is 6.07 Å². The molecule has 1 aliphatic carbocycles. The van der Waals surface area contributed by atoms with Crippen LogP contribution >= 0.6 is 11.6 Å². The van der Waals surface area contributed by atoms with Crippen molar-refractivity contribution < 1.29 is 13.9 Å². The molecule has 0 unspecified atom stereocenters. The summed E-state index contributed by atoms with van der Waals surface area (Å²) in [5.41, 5.74) is 1.49. The smallest absolute Gasteiger partial charge is 0.251 e. The van der Waals surface area contributed by atoms with E-state index < -0.39 is 11.2 Å². The quantitative estimate of drug-likeness (QED) is 0.554. The number of nitrogens with zero attached hydrogens (tertiary/aromatic N) is 2. The Kier molecular flexibility index (Phi) is 8.83. The third kappa shape index (κ3) is 5.81. The molecule has 0 atom stereocenters. The fourth-order valence-electron chi connectivity index (χ4n) is 5.02. The monoisotopic (exact) mass is 506 g/mol. The molecule has 2 N–H and O–H groups in total. The molecular weight excluding hydrogens is 471 g/mol. The van der Waals surface area contributed by atoms with Gasteiger partial charge in [0.1, 0.15) is 0 Å². The van der Waals surface area contributed by atoms with E-state index in [1.807, 2.05) is 13.0 Å². The third-order valence-electron chi connectivity index (χ3n) is 7.08. The van der Waals surface area contributed by atoms with Gasteiger partial charge in [-0.1, -0.05) is 11.6 Å². The number of rotatable bonds is 8. The molecule has 1 aromatic heterocycles. The molecule has 1 fully saturated rings. The zero-order valence-electron chi connectivity index (χ0n) is 21.4. The van der Waals surface area contributed by atoms with Crippen molar-refractivity contribution in [3.05, 3.63) is 55.6 Å². The van der Waals surface area contributed by atoms with E-state index in [4.69, 9.17) is 16.3 Å². The van der Waals surface area contributed by atoms with E-state index in [0.29, 0.717) is 22.7 Å². The van der Waals surface area contributed by atoms with Crippen LogP contribution in [0.15, 0.2) is 16.9 Å². The Bertz CT molecular complexity index is 1130. The van der Waals surface area contributed by atoms with Crippen molar-refractivity contribution in [2.24, 2.45) is 0 Å². The summed E-state index contributed by atoms with van der Waals surface area (Å²) in [6.45, 7) is 6.10. The highest BCUT2D eigenvalue weighted by Gasteiger charge is 2.28. The highest BCUT2D eigenvalue weighted by atomic mass is 35.5. The molecule has 1 saturated carbocycles. The van der Waals surface area contributed by atoms with Crippen molar-refractivity contribution in [1.82, 2.24) is 15.2 Å². The number of aryl methyl sites for hydroxylation is 1. The largest absolute Gasteiger partial charge is 0.482 e. The van der Waals surface area contributed by atoms with E-state index >= 15 is 0 Å². The number of hydrogen-bond donors (Lipinski definition) is 2. The van der Waals surface area contributed by atoms with Crippen molar-refractivity contribution in [2.45, 2.75) is 65.1 Å². The van der Waals surface area contributed by atoms with Gasteiger partial charge in [-0.25, -0.2) is 4.39 Å². The van der Waals surface area contributed by atoms with Gasteiger partial charge in [0.25, 0.3) is 5.91 Å². The summed E-state index contributed by atoms with van der Waals surface area (Å²) in [4.78, 5) is 32.9. The van der Waals surface area contributed by atoms with Gasteiger partial charge in [-0.05, 0) is 78.2 Å². The number of carbonyl (C=O) groups excluding carboxylic acids is 1. The number of nitrogens with one attached hydrogen (secondary N) is 2. The van der Waals surface area contributed by atoms with Crippen molar-refractivity contribution in [3.8, 4) is 5.88 Å². The molecule has 9 heteroatoms. The van der Waals surface area contributed by atoms with Gasteiger partial charge in [0.15, 0.2) is 11.7 Å². The fraction of sp³-hybridized carbons (Fsp3) is 0.538. The molecule has 1 amide bonds. The Morgan fingerprint density at radius 2 is 1.83 bits per heavy atom. The van der Waals surface area contributed by atoms with Gasteiger partial charge in [0.05, 0.1) is 24.9 Å². The van der Waals surface area contributed by atoms with Gasteiger partial charge < -0.3 is 24.8 Å². The van der Waals surface area contributed by atoms with Gasteiger partial charge in [0, 0.05) is 34.9 Å². The Labute approximate surface area is 211 Å². The second-order valence-corrected chi connectivity index (χ2v) is 9.83. The zero-order chi connectivity index (χ0) is 25.9. The highest BCUT2D eigenvalue weighted by molar-refractivity contribution is 6.31. The molecule has 7 nitrogen and oxygen atoms in total. The predicted molar refractivity (Wildman–Crippen MR) is 138 cm³/mol. The van der Waals surface area contributed by atoms with Crippen LogP contribution in [0, 0.1) is 19.7 Å². The maximum Gasteiger partial charge on any atom is 0.251 e. The molecule has 3 rings (SSSR count). The molecular formula is C26H36ClFN4O3. The van der Waals surface area contributed by atoms with Gasteiger partial charge in [-0.2, -0.15) is 0 Å². The minimum absolute atomic E-state index is 0.0247. The van der Waals surface area contributed by atoms with E-state index in [0.717, 1.165) is 43.5 Å². The molecule has 1 aliphatic rings. The number of H-pyrrole nitrogens is 1. The third-order valence-corrected chi connectivity index (χ3v) is 7.30. The maximum atomic E-state index is 14.2. The average molecular weight is 507 g/mol. The Morgan fingerprint density at radius 3 is 2.40 bits per heavy atom. The van der Waals surface area contributed by atoms with Gasteiger partial charge >= 0.3 is 0 Å². The number of aromatic nitrogens is 1. The summed E-state index contributed by atoms with van der Waals surface area (Å²) >= 11 is 6.46. The number of benzene rings is 1. The summed E-state index contributed by atoms with van der Waals surface area (Å²) in [5.74, 6) is -1.15. The lowest BCUT2D eigenvalue weighted by Crippen LogP contribution is -2.42. The van der Waals surface area contributed by atoms with Gasteiger partial charge in [0.2, 0.25) is 5.43 Å². The minimum Gasteiger partial charge on any atom is -0.482 e. The van der Waals surface area contributed by atoms with Gasteiger partial charge in [-0.3, -0.25) is 9.59 Å². The summed E-state index contributed by atoms with van der Waals surface area (Å²) in [6, 6.07) is 4.52. The number of pyridine rings is 1. The number of aromatic amines is 1. The Hall–Kier alpha value is -2.58. The molecule has 35 heavy (non-hydrogen) atoms. The number of amides is 1. The van der Waals surface area contributed by atoms with Crippen LogP contribution in [0.2, 0.25) is 5.02 Å². The first-order valence-electron chi connectivity index (χ1n) is 12.1. The molecule has 1 aromatic carbocycles. The fourth-order valence-corrected chi connectivity index (χ4v) is 5.23. The zero-order valence-corrected chi connectivity index (χ0v) is 22.2. The first kappa shape index (κ1) is 27.0. The summed E-state index contributed by atoms with van der Waals surface area (Å²) in [6.07, 6.45) is 4.41. The average Bonchev–Trinajstić information content (AvgIpc) is 2.84. The molecule has 0 radical (unpaired) electrons. The summed E-state index contributed by atoms with van der Waals surface area (Å²) < 4.78 is 19.4. The molecule has 1 heterocycles. The van der Waals surface area contributed by atoms with Crippen LogP contribution in [0.5, 0.6) is 5.88 Å². The molecule has 2 aromatic rings. The van der Waals surface area contributed by atoms with E-state index in [-0.39, 0.29) is 29.6 Å². The lowest BCUT2D eigenvalue weighted by atomic mass is 9.89. The van der Waals surface area contributed by atoms with Crippen molar-refractivity contribution in [3.63, 3.8) is 0 Å². The molecule has 192 valence electrons. The number of ether oxygens (including phenoxy) is 1. The predicted octanol–water partition coefficient (Wildman–Crippen LogP) is 4.42. The van der Waals surface area contributed by atoms with Crippen LogP contribution in [0.3, 0.4) is 0 Å². The van der Waals surface area contributed by atoms with E-state index in [2.05, 4.69) is 41.1 Å². The topological polar surface area (TPSA) is 77.7 Å². The first-order chi connectivity index (χ1) is 16.6. The van der Waals surface area contributed by atoms with Crippen LogP contribution < -0.4 is 20.4 Å². The van der Waals surface area contributed by atoms with Crippen LogP contribution in [0.25, 0.3) is 0 Å². The standard InChI is InChI=1S/C26H36ClFN4O3/c1-7-32(19-10-8-18(9-11-19)31(4)5)22-13-17(27)12-20(15(22)2)25(34)29-14-21-24(33)23(28)16(3)30-26(21)35-6/h12-13,18-19H,7-11,14H2,1-6H3,(H,29,34)(H,30,33). The lowest BCUT2D eigenvalue weighted by Gasteiger charge is -2.40. The number of methoxy groups -OCH3 is 1. The first-order valence-corrected chi connectivity index (χ1v) is 12.4. The number of halogens is 2. The van der Waals surface area contributed by atoms with Crippen LogP contribution in [-0.2, 0) is 6.54 Å². The molecule has 0 bridgehead atoms. The number of carbonyl (C=O) groups is 1. The Balaban J connectivity index is 1.84. The SMILES string of the molecule is CCN(c1cc(Cl)cc(C(=O)NCc2c(OC)[nH]c(C)c(F)c2=O)c1C)C1CCC(N(C)C)CC1. The van der Waals surface area contributed by atoms with Gasteiger partial charge in [-0.15, -0.1) is 0 Å². The second-order valence-electron chi connectivity index (χ2n) is 9.40. The van der Waals surface area contributed by atoms with Crippen LogP contribution in [-0.4, -0.2) is 55.6 Å².